The van der Waals surface area contributed by atoms with Crippen LogP contribution in [0.15, 0.2) is 29.5 Å². The van der Waals surface area contributed by atoms with E-state index in [0.29, 0.717) is 0 Å². The number of pyridine rings is 1. The zero-order valence-electron chi connectivity index (χ0n) is 12.8. The number of nitrogens with zero attached hydrogens (tertiary/aromatic N) is 3. The van der Waals surface area contributed by atoms with Gasteiger partial charge in [0.25, 0.3) is 0 Å². The van der Waals surface area contributed by atoms with Crippen molar-refractivity contribution in [2.24, 2.45) is 4.99 Å². The van der Waals surface area contributed by atoms with Crippen LogP contribution in [0.2, 0.25) is 0 Å². The maximum atomic E-state index is 4.67. The molecule has 0 aliphatic carbocycles. The Morgan fingerprint density at radius 1 is 1.40 bits per heavy atom. The second-order valence-electron chi connectivity index (χ2n) is 4.62. The van der Waals surface area contributed by atoms with E-state index < -0.39 is 0 Å². The standard InChI is InChI=1S/C15H26N4.HI/c1-4-6-12-19(3)15(17-5-2)18-11-9-14-8-7-10-16-13-14;/h7-8,10,13H,4-6,9,11-12H2,1-3H3,(H,17,18);1H. The molecule has 1 aromatic heterocycles. The SMILES string of the molecule is CCCCN(C)C(=NCCc1cccnc1)NCC.I. The highest BCUT2D eigenvalue weighted by Gasteiger charge is 2.04. The molecule has 1 aromatic rings. The van der Waals surface area contributed by atoms with E-state index in [1.807, 2.05) is 12.3 Å². The lowest BCUT2D eigenvalue weighted by Gasteiger charge is -2.21. The Kier molecular flexibility index (Phi) is 11.4. The molecular weight excluding hydrogens is 363 g/mol. The van der Waals surface area contributed by atoms with Gasteiger partial charge in [-0.1, -0.05) is 19.4 Å². The van der Waals surface area contributed by atoms with E-state index in [4.69, 9.17) is 0 Å². The van der Waals surface area contributed by atoms with Gasteiger partial charge >= 0.3 is 0 Å². The number of aromatic nitrogens is 1. The summed E-state index contributed by atoms with van der Waals surface area (Å²) in [7, 11) is 2.10. The first kappa shape index (κ1) is 19.1. The van der Waals surface area contributed by atoms with Crippen LogP contribution in [0.3, 0.4) is 0 Å². The molecule has 1 N–H and O–H groups in total. The van der Waals surface area contributed by atoms with Crippen LogP contribution in [-0.4, -0.2) is 42.5 Å². The minimum absolute atomic E-state index is 0. The first-order chi connectivity index (χ1) is 9.27. The fourth-order valence-corrected chi connectivity index (χ4v) is 1.81. The second kappa shape index (κ2) is 11.9. The van der Waals surface area contributed by atoms with Gasteiger partial charge in [-0.2, -0.15) is 0 Å². The number of hydrogen-bond donors (Lipinski definition) is 1. The highest BCUT2D eigenvalue weighted by molar-refractivity contribution is 14.0. The molecule has 0 atom stereocenters. The van der Waals surface area contributed by atoms with Crippen molar-refractivity contribution in [3.8, 4) is 0 Å². The van der Waals surface area contributed by atoms with Gasteiger partial charge in [-0.3, -0.25) is 9.98 Å². The summed E-state index contributed by atoms with van der Waals surface area (Å²) >= 11 is 0. The van der Waals surface area contributed by atoms with Crippen LogP contribution < -0.4 is 5.32 Å². The number of guanidine groups is 1. The molecule has 1 rings (SSSR count). The first-order valence-corrected chi connectivity index (χ1v) is 7.16. The summed E-state index contributed by atoms with van der Waals surface area (Å²) in [5, 5.41) is 3.34. The Hall–Kier alpha value is -0.850. The molecule has 114 valence electrons. The fourth-order valence-electron chi connectivity index (χ4n) is 1.81. The Morgan fingerprint density at radius 2 is 2.20 bits per heavy atom. The predicted molar refractivity (Wildman–Crippen MR) is 96.9 cm³/mol. The topological polar surface area (TPSA) is 40.5 Å². The van der Waals surface area contributed by atoms with Gasteiger partial charge in [0.2, 0.25) is 0 Å². The summed E-state index contributed by atoms with van der Waals surface area (Å²) in [6.45, 7) is 7.06. The summed E-state index contributed by atoms with van der Waals surface area (Å²) in [5.74, 6) is 1.000. The van der Waals surface area contributed by atoms with Crippen molar-refractivity contribution in [3.63, 3.8) is 0 Å². The van der Waals surface area contributed by atoms with Gasteiger partial charge in [0.15, 0.2) is 5.96 Å². The van der Waals surface area contributed by atoms with Crippen molar-refractivity contribution in [2.45, 2.75) is 33.1 Å². The zero-order chi connectivity index (χ0) is 13.9. The van der Waals surface area contributed by atoms with Crippen LogP contribution in [0.4, 0.5) is 0 Å². The average Bonchev–Trinajstić information content (AvgIpc) is 2.45. The van der Waals surface area contributed by atoms with E-state index in [1.54, 1.807) is 6.20 Å². The molecule has 4 nitrogen and oxygen atoms in total. The van der Waals surface area contributed by atoms with Gasteiger partial charge in [0, 0.05) is 39.1 Å². The summed E-state index contributed by atoms with van der Waals surface area (Å²) in [5.41, 5.74) is 1.23. The summed E-state index contributed by atoms with van der Waals surface area (Å²) in [6.07, 6.45) is 7.05. The molecule has 0 unspecified atom stereocenters. The maximum Gasteiger partial charge on any atom is 0.193 e. The lowest BCUT2D eigenvalue weighted by molar-refractivity contribution is 0.465. The van der Waals surface area contributed by atoms with E-state index in [1.165, 1.54) is 18.4 Å². The molecule has 0 radical (unpaired) electrons. The monoisotopic (exact) mass is 390 g/mol. The van der Waals surface area contributed by atoms with Crippen LogP contribution in [0, 0.1) is 0 Å². The average molecular weight is 390 g/mol. The third-order valence-electron chi connectivity index (χ3n) is 2.93. The summed E-state index contributed by atoms with van der Waals surface area (Å²) in [4.78, 5) is 11.0. The summed E-state index contributed by atoms with van der Waals surface area (Å²) < 4.78 is 0. The highest BCUT2D eigenvalue weighted by Crippen LogP contribution is 1.98. The minimum Gasteiger partial charge on any atom is -0.357 e. The molecule has 0 fully saturated rings. The van der Waals surface area contributed by atoms with Gasteiger partial charge in [-0.05, 0) is 31.4 Å². The van der Waals surface area contributed by atoms with E-state index in [2.05, 4.69) is 47.2 Å². The van der Waals surface area contributed by atoms with E-state index in [9.17, 15) is 0 Å². The minimum atomic E-state index is 0. The molecule has 1 heterocycles. The largest absolute Gasteiger partial charge is 0.357 e. The van der Waals surface area contributed by atoms with Gasteiger partial charge in [0.05, 0.1) is 0 Å². The van der Waals surface area contributed by atoms with Crippen molar-refractivity contribution in [1.29, 1.82) is 0 Å². The van der Waals surface area contributed by atoms with Crippen LogP contribution in [0.1, 0.15) is 32.3 Å². The van der Waals surface area contributed by atoms with Crippen molar-refractivity contribution in [1.82, 2.24) is 15.2 Å². The lowest BCUT2D eigenvalue weighted by atomic mass is 10.2. The van der Waals surface area contributed by atoms with Crippen molar-refractivity contribution in [2.75, 3.05) is 26.7 Å². The van der Waals surface area contributed by atoms with Crippen LogP contribution in [0.25, 0.3) is 0 Å². The molecule has 0 saturated carbocycles. The normalized spacial score (nSPS) is 10.8. The van der Waals surface area contributed by atoms with E-state index in [-0.39, 0.29) is 24.0 Å². The molecule has 0 saturated heterocycles. The smallest absolute Gasteiger partial charge is 0.193 e. The molecule has 0 aliphatic heterocycles. The van der Waals surface area contributed by atoms with Crippen molar-refractivity contribution >= 4 is 29.9 Å². The lowest BCUT2D eigenvalue weighted by Crippen LogP contribution is -2.39. The van der Waals surface area contributed by atoms with E-state index >= 15 is 0 Å². The van der Waals surface area contributed by atoms with Crippen molar-refractivity contribution < 1.29 is 0 Å². The third kappa shape index (κ3) is 7.67. The van der Waals surface area contributed by atoms with Crippen LogP contribution >= 0.6 is 24.0 Å². The van der Waals surface area contributed by atoms with Crippen LogP contribution in [-0.2, 0) is 6.42 Å². The quantitative estimate of drug-likeness (QED) is 0.442. The number of aliphatic imine (C=N–C) groups is 1. The van der Waals surface area contributed by atoms with Crippen LogP contribution in [0.5, 0.6) is 0 Å². The van der Waals surface area contributed by atoms with Crippen molar-refractivity contribution in [3.05, 3.63) is 30.1 Å². The molecule has 0 spiro atoms. The molecule has 0 amide bonds. The van der Waals surface area contributed by atoms with Gasteiger partial charge < -0.3 is 10.2 Å². The molecule has 20 heavy (non-hydrogen) atoms. The second-order valence-corrected chi connectivity index (χ2v) is 4.62. The summed E-state index contributed by atoms with van der Waals surface area (Å²) in [6, 6.07) is 4.06. The Balaban J connectivity index is 0.00000361. The van der Waals surface area contributed by atoms with Gasteiger partial charge in [-0.15, -0.1) is 24.0 Å². The number of nitrogens with one attached hydrogen (secondary N) is 1. The molecule has 0 aromatic carbocycles. The molecular formula is C15H27IN4. The maximum absolute atomic E-state index is 4.67. The first-order valence-electron chi connectivity index (χ1n) is 7.16. The molecule has 5 heteroatoms. The van der Waals surface area contributed by atoms with E-state index in [0.717, 1.165) is 32.0 Å². The van der Waals surface area contributed by atoms with Gasteiger partial charge in [-0.25, -0.2) is 0 Å². The highest BCUT2D eigenvalue weighted by atomic mass is 127. The predicted octanol–water partition coefficient (Wildman–Crippen LogP) is 2.94. The third-order valence-corrected chi connectivity index (χ3v) is 2.93. The Morgan fingerprint density at radius 3 is 2.80 bits per heavy atom. The molecule has 0 bridgehead atoms. The fraction of sp³-hybridized carbons (Fsp3) is 0.600. The number of unbranched alkanes of at least 4 members (excludes halogenated alkanes) is 1. The van der Waals surface area contributed by atoms with Gasteiger partial charge in [0.1, 0.15) is 0 Å². The number of hydrogen-bond acceptors (Lipinski definition) is 2. The number of halogens is 1. The number of rotatable bonds is 7. The Bertz CT molecular complexity index is 367. The molecule has 0 aliphatic rings. The Labute approximate surface area is 140 Å². The zero-order valence-corrected chi connectivity index (χ0v) is 15.1.